The average molecular weight is 397 g/mol. The Morgan fingerprint density at radius 2 is 1.86 bits per heavy atom. The third-order valence-corrected chi connectivity index (χ3v) is 4.85. The summed E-state index contributed by atoms with van der Waals surface area (Å²) in [7, 11) is 0. The Bertz CT molecular complexity index is 566. The van der Waals surface area contributed by atoms with Gasteiger partial charge in [-0.05, 0) is 19.8 Å². The molecule has 1 aliphatic heterocycles. The second-order valence-electron chi connectivity index (χ2n) is 7.31. The molecule has 0 radical (unpaired) electrons. The summed E-state index contributed by atoms with van der Waals surface area (Å²) in [5.41, 5.74) is 0.398. The Hall–Kier alpha value is -1.48. The maximum Gasteiger partial charge on any atom is 0.275 e. The lowest BCUT2D eigenvalue weighted by atomic mass is 10.2. The average Bonchev–Trinajstić information content (AvgIpc) is 3.15. The molecule has 1 saturated heterocycles. The number of carbonyl (C=O) groups is 1. The van der Waals surface area contributed by atoms with Gasteiger partial charge in [0.25, 0.3) is 5.91 Å². The van der Waals surface area contributed by atoms with Crippen LogP contribution in [-0.2, 0) is 11.3 Å². The van der Waals surface area contributed by atoms with Crippen molar-refractivity contribution in [2.75, 3.05) is 59.0 Å². The normalized spacial score (nSPS) is 17.0. The number of aromatic nitrogens is 1. The lowest BCUT2D eigenvalue weighted by Crippen LogP contribution is -2.48. The molecule has 1 N–H and O–H groups in total. The smallest absolute Gasteiger partial charge is 0.275 e. The summed E-state index contributed by atoms with van der Waals surface area (Å²) in [6.45, 7) is 13.3. The first-order valence-electron chi connectivity index (χ1n) is 10.5. The number of piperazine rings is 1. The number of aliphatic hydroxyl groups excluding tert-OH is 1. The number of β-amino-alcohol motifs (C(OH)–C–C–N with tert-alkyl or cyclic N) is 1. The largest absolute Gasteiger partial charge is 0.447 e. The molecule has 8 nitrogen and oxygen atoms in total. The zero-order chi connectivity index (χ0) is 20.4. The molecule has 0 spiro atoms. The van der Waals surface area contributed by atoms with Gasteiger partial charge in [-0.1, -0.05) is 13.8 Å². The van der Waals surface area contributed by atoms with Gasteiger partial charge in [0.15, 0.2) is 5.69 Å². The molecule has 2 heterocycles. The number of hydrogen-bond acceptors (Lipinski definition) is 7. The minimum atomic E-state index is -0.444. The maximum absolute atomic E-state index is 12.6. The number of ether oxygens (including phenoxy) is 1. The van der Waals surface area contributed by atoms with Gasteiger partial charge in [-0.25, -0.2) is 4.98 Å². The predicted octanol–water partition coefficient (Wildman–Crippen LogP) is 1.45. The Kier molecular flexibility index (Phi) is 9.91. The molecule has 1 aromatic heterocycles. The van der Waals surface area contributed by atoms with Gasteiger partial charge in [-0.15, -0.1) is 0 Å². The highest BCUT2D eigenvalue weighted by Gasteiger charge is 2.22. The Labute approximate surface area is 168 Å². The van der Waals surface area contributed by atoms with Crippen molar-refractivity contribution in [2.45, 2.75) is 46.3 Å². The van der Waals surface area contributed by atoms with E-state index in [-0.39, 0.29) is 5.91 Å². The van der Waals surface area contributed by atoms with Crippen LogP contribution in [0.2, 0.25) is 0 Å². The van der Waals surface area contributed by atoms with Crippen molar-refractivity contribution in [1.82, 2.24) is 19.7 Å². The van der Waals surface area contributed by atoms with Crippen molar-refractivity contribution in [3.05, 3.63) is 17.8 Å². The van der Waals surface area contributed by atoms with Crippen LogP contribution in [-0.4, -0.2) is 95.8 Å². The molecule has 8 heteroatoms. The first-order valence-corrected chi connectivity index (χ1v) is 10.5. The lowest BCUT2D eigenvalue weighted by Gasteiger charge is -2.34. The summed E-state index contributed by atoms with van der Waals surface area (Å²) < 4.78 is 10.8. The number of aliphatic hydroxyl groups is 1. The van der Waals surface area contributed by atoms with Gasteiger partial charge in [0, 0.05) is 52.4 Å². The van der Waals surface area contributed by atoms with Crippen LogP contribution in [0.5, 0.6) is 0 Å². The SMILES string of the molecule is CCCN(CCC)C(=O)c1coc(CN2CCN(C[C@H](O)COCC)CC2)n1. The molecule has 28 heavy (non-hydrogen) atoms. The highest BCUT2D eigenvalue weighted by atomic mass is 16.5. The molecule has 0 aromatic carbocycles. The van der Waals surface area contributed by atoms with Crippen LogP contribution in [0.4, 0.5) is 0 Å². The fourth-order valence-corrected chi connectivity index (χ4v) is 3.42. The van der Waals surface area contributed by atoms with E-state index in [0.29, 0.717) is 37.9 Å². The van der Waals surface area contributed by atoms with E-state index < -0.39 is 6.10 Å². The molecule has 2 rings (SSSR count). The molecule has 0 saturated carbocycles. The van der Waals surface area contributed by atoms with E-state index in [2.05, 4.69) is 28.6 Å². The van der Waals surface area contributed by atoms with Crippen LogP contribution < -0.4 is 0 Å². The highest BCUT2D eigenvalue weighted by Crippen LogP contribution is 2.12. The minimum Gasteiger partial charge on any atom is -0.447 e. The molecule has 1 atom stereocenters. The Morgan fingerprint density at radius 3 is 2.46 bits per heavy atom. The molecular weight excluding hydrogens is 360 g/mol. The Balaban J connectivity index is 1.79. The summed E-state index contributed by atoms with van der Waals surface area (Å²) in [5, 5.41) is 9.97. The number of nitrogens with zero attached hydrogens (tertiary/aromatic N) is 4. The quantitative estimate of drug-likeness (QED) is 0.573. The van der Waals surface area contributed by atoms with Crippen LogP contribution in [0.25, 0.3) is 0 Å². The van der Waals surface area contributed by atoms with E-state index >= 15 is 0 Å². The second kappa shape index (κ2) is 12.2. The van der Waals surface area contributed by atoms with Gasteiger partial charge in [0.05, 0.1) is 19.3 Å². The summed E-state index contributed by atoms with van der Waals surface area (Å²) in [6, 6.07) is 0. The number of hydrogen-bond donors (Lipinski definition) is 1. The molecule has 0 bridgehead atoms. The van der Waals surface area contributed by atoms with Crippen molar-refractivity contribution in [3.8, 4) is 0 Å². The molecule has 1 amide bonds. The van der Waals surface area contributed by atoms with Gasteiger partial charge in [-0.3, -0.25) is 14.6 Å². The van der Waals surface area contributed by atoms with E-state index in [0.717, 1.165) is 52.1 Å². The number of carbonyl (C=O) groups excluding carboxylic acids is 1. The zero-order valence-corrected chi connectivity index (χ0v) is 17.6. The van der Waals surface area contributed by atoms with E-state index in [4.69, 9.17) is 9.15 Å². The molecule has 1 fully saturated rings. The van der Waals surface area contributed by atoms with Crippen molar-refractivity contribution in [3.63, 3.8) is 0 Å². The highest BCUT2D eigenvalue weighted by molar-refractivity contribution is 5.91. The van der Waals surface area contributed by atoms with Crippen molar-refractivity contribution < 1.29 is 19.1 Å². The van der Waals surface area contributed by atoms with Gasteiger partial charge in [-0.2, -0.15) is 0 Å². The van der Waals surface area contributed by atoms with Crippen molar-refractivity contribution in [2.24, 2.45) is 0 Å². The number of rotatable bonds is 12. The molecule has 1 aliphatic rings. The van der Waals surface area contributed by atoms with Crippen LogP contribution in [0.15, 0.2) is 10.7 Å². The fourth-order valence-electron chi connectivity index (χ4n) is 3.42. The standard InChI is InChI=1S/C20H36N4O4/c1-4-7-24(8-5-2)20(26)18-16-28-19(21-18)14-23-11-9-22(10-12-23)13-17(25)15-27-6-3/h16-17,25H,4-15H2,1-3H3/t17-/m0/s1. The monoisotopic (exact) mass is 396 g/mol. The van der Waals surface area contributed by atoms with Gasteiger partial charge < -0.3 is 19.2 Å². The van der Waals surface area contributed by atoms with E-state index in [1.807, 2.05) is 11.8 Å². The van der Waals surface area contributed by atoms with Crippen molar-refractivity contribution >= 4 is 5.91 Å². The van der Waals surface area contributed by atoms with Crippen LogP contribution >= 0.6 is 0 Å². The van der Waals surface area contributed by atoms with Crippen LogP contribution in [0.1, 0.15) is 50.0 Å². The molecule has 0 aliphatic carbocycles. The summed E-state index contributed by atoms with van der Waals surface area (Å²) >= 11 is 0. The molecule has 1 aromatic rings. The van der Waals surface area contributed by atoms with Gasteiger partial charge >= 0.3 is 0 Å². The molecular formula is C20H36N4O4. The second-order valence-corrected chi connectivity index (χ2v) is 7.31. The number of amides is 1. The van der Waals surface area contributed by atoms with Crippen LogP contribution in [0, 0.1) is 0 Å². The summed E-state index contributed by atoms with van der Waals surface area (Å²) in [5.74, 6) is 0.535. The third kappa shape index (κ3) is 7.16. The maximum atomic E-state index is 12.6. The lowest BCUT2D eigenvalue weighted by molar-refractivity contribution is 0.00949. The van der Waals surface area contributed by atoms with Crippen molar-refractivity contribution in [1.29, 1.82) is 0 Å². The Morgan fingerprint density at radius 1 is 1.21 bits per heavy atom. The molecule has 0 unspecified atom stereocenters. The first kappa shape index (κ1) is 22.8. The van der Waals surface area contributed by atoms with E-state index in [1.165, 1.54) is 6.26 Å². The topological polar surface area (TPSA) is 82.3 Å². The first-order chi connectivity index (χ1) is 13.6. The van der Waals surface area contributed by atoms with E-state index in [9.17, 15) is 9.90 Å². The van der Waals surface area contributed by atoms with Crippen LogP contribution in [0.3, 0.4) is 0 Å². The van der Waals surface area contributed by atoms with Gasteiger partial charge in [0.2, 0.25) is 5.89 Å². The predicted molar refractivity (Wildman–Crippen MR) is 107 cm³/mol. The fraction of sp³-hybridized carbons (Fsp3) is 0.800. The number of oxazole rings is 1. The summed E-state index contributed by atoms with van der Waals surface area (Å²) in [6.07, 6.45) is 2.90. The third-order valence-electron chi connectivity index (χ3n) is 4.85. The van der Waals surface area contributed by atoms with Gasteiger partial charge in [0.1, 0.15) is 6.26 Å². The molecule has 160 valence electrons. The minimum absolute atomic E-state index is 0.0493. The van der Waals surface area contributed by atoms with E-state index in [1.54, 1.807) is 0 Å². The summed E-state index contributed by atoms with van der Waals surface area (Å²) in [4.78, 5) is 23.4. The zero-order valence-electron chi connectivity index (χ0n) is 17.6.